The topological polar surface area (TPSA) is 66.0 Å². The molecule has 4 heteroatoms. The van der Waals surface area contributed by atoms with Gasteiger partial charge < -0.3 is 10.1 Å². The molecule has 0 spiro atoms. The number of aromatic nitrogens is 2. The average Bonchev–Trinajstić information content (AvgIpc) is 2.52. The Morgan fingerprint density at radius 3 is 2.92 bits per heavy atom. The number of carbonyl (C=O) groups is 1. The number of hydrogen-bond donors (Lipinski definition) is 2. The lowest BCUT2D eigenvalue weighted by Gasteiger charge is -1.95. The standard InChI is InChI=1S/C9H10N2O2/c1-3-7-5-10-8(11-7)4-6(2)9(12)13/h3,5H,1-2,4H2,(H,10,11)(H,12,13). The summed E-state index contributed by atoms with van der Waals surface area (Å²) >= 11 is 0. The Labute approximate surface area is 75.6 Å². The molecule has 1 aromatic rings. The number of nitrogens with one attached hydrogen (secondary N) is 1. The summed E-state index contributed by atoms with van der Waals surface area (Å²) < 4.78 is 0. The Kier molecular flexibility index (Phi) is 2.64. The Bertz CT molecular complexity index is 352. The number of aromatic amines is 1. The van der Waals surface area contributed by atoms with Crippen LogP contribution in [0.4, 0.5) is 0 Å². The van der Waals surface area contributed by atoms with Crippen molar-refractivity contribution in [2.45, 2.75) is 6.42 Å². The maximum atomic E-state index is 10.4. The van der Waals surface area contributed by atoms with E-state index in [0.29, 0.717) is 5.82 Å². The first kappa shape index (κ1) is 9.25. The molecule has 0 bridgehead atoms. The summed E-state index contributed by atoms with van der Waals surface area (Å²) in [5.74, 6) is -0.418. The van der Waals surface area contributed by atoms with Crippen molar-refractivity contribution in [2.75, 3.05) is 0 Å². The highest BCUT2D eigenvalue weighted by Crippen LogP contribution is 2.04. The van der Waals surface area contributed by atoms with E-state index in [0.717, 1.165) is 5.69 Å². The van der Waals surface area contributed by atoms with Crippen molar-refractivity contribution in [3.63, 3.8) is 0 Å². The zero-order valence-corrected chi connectivity index (χ0v) is 7.08. The van der Waals surface area contributed by atoms with E-state index in [-0.39, 0.29) is 12.0 Å². The summed E-state index contributed by atoms with van der Waals surface area (Å²) in [6, 6.07) is 0. The molecule has 4 nitrogen and oxygen atoms in total. The van der Waals surface area contributed by atoms with E-state index in [2.05, 4.69) is 23.1 Å². The van der Waals surface area contributed by atoms with Gasteiger partial charge in [0.05, 0.1) is 11.9 Å². The Hall–Kier alpha value is -1.84. The number of carboxylic acid groups (broad SMARTS) is 1. The van der Waals surface area contributed by atoms with Gasteiger partial charge in [0.15, 0.2) is 0 Å². The largest absolute Gasteiger partial charge is 0.478 e. The van der Waals surface area contributed by atoms with Crippen molar-refractivity contribution >= 4 is 12.0 Å². The van der Waals surface area contributed by atoms with Crippen LogP contribution in [0.2, 0.25) is 0 Å². The molecular formula is C9H10N2O2. The van der Waals surface area contributed by atoms with Gasteiger partial charge in [-0.15, -0.1) is 0 Å². The molecular weight excluding hydrogens is 168 g/mol. The fraction of sp³-hybridized carbons (Fsp3) is 0.111. The third kappa shape index (κ3) is 2.30. The van der Waals surface area contributed by atoms with Gasteiger partial charge in [0.1, 0.15) is 5.82 Å². The molecule has 0 atom stereocenters. The van der Waals surface area contributed by atoms with Crippen molar-refractivity contribution in [3.8, 4) is 0 Å². The maximum absolute atomic E-state index is 10.4. The minimum atomic E-state index is -1.00. The molecule has 0 saturated heterocycles. The van der Waals surface area contributed by atoms with Gasteiger partial charge >= 0.3 is 5.97 Å². The van der Waals surface area contributed by atoms with Gasteiger partial charge in [-0.25, -0.2) is 9.78 Å². The van der Waals surface area contributed by atoms with Gasteiger partial charge in [-0.3, -0.25) is 0 Å². The van der Waals surface area contributed by atoms with Gasteiger partial charge in [0, 0.05) is 12.0 Å². The van der Waals surface area contributed by atoms with Crippen molar-refractivity contribution in [2.24, 2.45) is 0 Å². The van der Waals surface area contributed by atoms with E-state index in [1.165, 1.54) is 0 Å². The number of hydrogen-bond acceptors (Lipinski definition) is 2. The maximum Gasteiger partial charge on any atom is 0.331 e. The van der Waals surface area contributed by atoms with E-state index >= 15 is 0 Å². The molecule has 1 aromatic heterocycles. The fourth-order valence-corrected chi connectivity index (χ4v) is 0.850. The van der Waals surface area contributed by atoms with Crippen LogP contribution in [0.15, 0.2) is 24.9 Å². The molecule has 0 aliphatic heterocycles. The van der Waals surface area contributed by atoms with Crippen molar-refractivity contribution < 1.29 is 9.90 Å². The van der Waals surface area contributed by atoms with Gasteiger partial charge in [0.2, 0.25) is 0 Å². The fourth-order valence-electron chi connectivity index (χ4n) is 0.850. The zero-order valence-electron chi connectivity index (χ0n) is 7.08. The summed E-state index contributed by atoms with van der Waals surface area (Å²) in [4.78, 5) is 17.3. The van der Waals surface area contributed by atoms with Crippen LogP contribution >= 0.6 is 0 Å². The molecule has 0 aromatic carbocycles. The van der Waals surface area contributed by atoms with E-state index in [1.807, 2.05) is 0 Å². The summed E-state index contributed by atoms with van der Waals surface area (Å²) in [7, 11) is 0. The quantitative estimate of drug-likeness (QED) is 0.681. The van der Waals surface area contributed by atoms with Crippen LogP contribution in [0.1, 0.15) is 11.5 Å². The predicted octanol–water partition coefficient (Wildman–Crippen LogP) is 1.24. The number of H-pyrrole nitrogens is 1. The van der Waals surface area contributed by atoms with Crippen LogP contribution in [-0.2, 0) is 11.2 Å². The molecule has 13 heavy (non-hydrogen) atoms. The number of aliphatic carboxylic acids is 1. The molecule has 0 fully saturated rings. The Balaban J connectivity index is 2.69. The summed E-state index contributed by atoms with van der Waals surface area (Å²) in [5, 5.41) is 8.55. The third-order valence-electron chi connectivity index (χ3n) is 1.55. The Morgan fingerprint density at radius 2 is 2.46 bits per heavy atom. The first-order valence-corrected chi connectivity index (χ1v) is 3.71. The SMILES string of the molecule is C=Cc1cnc(CC(=C)C(=O)O)[nH]1. The van der Waals surface area contributed by atoms with Gasteiger partial charge in [-0.1, -0.05) is 13.2 Å². The van der Waals surface area contributed by atoms with Gasteiger partial charge in [-0.2, -0.15) is 0 Å². The van der Waals surface area contributed by atoms with Crippen molar-refractivity contribution in [1.29, 1.82) is 0 Å². The lowest BCUT2D eigenvalue weighted by molar-refractivity contribution is -0.132. The Morgan fingerprint density at radius 1 is 1.77 bits per heavy atom. The normalized spacial score (nSPS) is 9.54. The minimum Gasteiger partial charge on any atom is -0.478 e. The molecule has 0 unspecified atom stereocenters. The summed E-state index contributed by atoms with van der Waals surface area (Å²) in [6.45, 7) is 6.95. The van der Waals surface area contributed by atoms with Crippen molar-refractivity contribution in [3.05, 3.63) is 36.4 Å². The molecule has 0 saturated carbocycles. The molecule has 0 aliphatic carbocycles. The molecule has 1 rings (SSSR count). The van der Waals surface area contributed by atoms with E-state index in [1.54, 1.807) is 12.3 Å². The van der Waals surface area contributed by atoms with Gasteiger partial charge in [0.25, 0.3) is 0 Å². The number of rotatable bonds is 4. The molecule has 0 radical (unpaired) electrons. The number of nitrogens with zero attached hydrogens (tertiary/aromatic N) is 1. The number of imidazole rings is 1. The second-order valence-electron chi connectivity index (χ2n) is 2.57. The molecule has 0 amide bonds. The zero-order chi connectivity index (χ0) is 9.84. The molecule has 0 aliphatic rings. The highest BCUT2D eigenvalue weighted by molar-refractivity contribution is 5.86. The van der Waals surface area contributed by atoms with Crippen LogP contribution in [-0.4, -0.2) is 21.0 Å². The third-order valence-corrected chi connectivity index (χ3v) is 1.55. The molecule has 68 valence electrons. The van der Waals surface area contributed by atoms with E-state index in [9.17, 15) is 4.79 Å². The van der Waals surface area contributed by atoms with Crippen LogP contribution in [0.25, 0.3) is 6.08 Å². The predicted molar refractivity (Wildman–Crippen MR) is 49.2 cm³/mol. The van der Waals surface area contributed by atoms with E-state index in [4.69, 9.17) is 5.11 Å². The van der Waals surface area contributed by atoms with Crippen LogP contribution in [0, 0.1) is 0 Å². The highest BCUT2D eigenvalue weighted by Gasteiger charge is 2.06. The molecule has 1 heterocycles. The second kappa shape index (κ2) is 3.71. The second-order valence-corrected chi connectivity index (χ2v) is 2.57. The first-order chi connectivity index (χ1) is 6.13. The monoisotopic (exact) mass is 178 g/mol. The van der Waals surface area contributed by atoms with Crippen LogP contribution in [0.3, 0.4) is 0 Å². The highest BCUT2D eigenvalue weighted by atomic mass is 16.4. The number of carboxylic acids is 1. The summed E-state index contributed by atoms with van der Waals surface area (Å²) in [6.07, 6.45) is 3.43. The summed E-state index contributed by atoms with van der Waals surface area (Å²) in [5.41, 5.74) is 0.887. The van der Waals surface area contributed by atoms with Crippen molar-refractivity contribution in [1.82, 2.24) is 9.97 Å². The average molecular weight is 178 g/mol. The lowest BCUT2D eigenvalue weighted by Crippen LogP contribution is -2.03. The van der Waals surface area contributed by atoms with E-state index < -0.39 is 5.97 Å². The smallest absolute Gasteiger partial charge is 0.331 e. The lowest BCUT2D eigenvalue weighted by atomic mass is 10.2. The van der Waals surface area contributed by atoms with Gasteiger partial charge in [-0.05, 0) is 6.08 Å². The van der Waals surface area contributed by atoms with Crippen LogP contribution < -0.4 is 0 Å². The first-order valence-electron chi connectivity index (χ1n) is 3.71. The molecule has 2 N–H and O–H groups in total. The minimum absolute atomic E-state index is 0.116. The van der Waals surface area contributed by atoms with Crippen LogP contribution in [0.5, 0.6) is 0 Å².